The van der Waals surface area contributed by atoms with Gasteiger partial charge in [-0.25, -0.2) is 0 Å². The van der Waals surface area contributed by atoms with Gasteiger partial charge in [0.15, 0.2) is 0 Å². The topological polar surface area (TPSA) is 86.7 Å². The summed E-state index contributed by atoms with van der Waals surface area (Å²) in [5.41, 5.74) is 0. The van der Waals surface area contributed by atoms with E-state index in [2.05, 4.69) is 15.3 Å². The molecule has 0 aliphatic carbocycles. The standard InChI is InChI=1S/C18H36O6S2/c1-4-5-6-7-8-9-10-11-12-13-14-15-18(26(21,22)24-3)16-17-25(19,20)23-2/h16-18H,4-15H2,1-3H3. The molecule has 8 heteroatoms. The first-order chi connectivity index (χ1) is 12.3. The molecule has 0 aromatic heterocycles. The van der Waals surface area contributed by atoms with Gasteiger partial charge in [0, 0.05) is 0 Å². The Morgan fingerprint density at radius 1 is 0.731 bits per heavy atom. The predicted octanol–water partition coefficient (Wildman–Crippen LogP) is 4.52. The molecule has 26 heavy (non-hydrogen) atoms. The summed E-state index contributed by atoms with van der Waals surface area (Å²) in [6, 6.07) is 0. The zero-order chi connectivity index (χ0) is 19.9. The van der Waals surface area contributed by atoms with Gasteiger partial charge in [-0.05, 0) is 6.42 Å². The first-order valence-corrected chi connectivity index (χ1v) is 12.5. The van der Waals surface area contributed by atoms with E-state index in [0.29, 0.717) is 12.8 Å². The van der Waals surface area contributed by atoms with Crippen LogP contribution in [0.3, 0.4) is 0 Å². The summed E-state index contributed by atoms with van der Waals surface area (Å²) in [4.78, 5) is 0. The van der Waals surface area contributed by atoms with Gasteiger partial charge in [-0.1, -0.05) is 83.6 Å². The molecular weight excluding hydrogens is 376 g/mol. The van der Waals surface area contributed by atoms with Crippen LogP contribution in [0, 0.1) is 0 Å². The van der Waals surface area contributed by atoms with Gasteiger partial charge in [-0.2, -0.15) is 16.8 Å². The second-order valence-electron chi connectivity index (χ2n) is 6.51. The molecule has 0 aliphatic rings. The fraction of sp³-hybridized carbons (Fsp3) is 0.889. The van der Waals surface area contributed by atoms with Crippen LogP contribution in [0.15, 0.2) is 11.5 Å². The van der Waals surface area contributed by atoms with Gasteiger partial charge in [0.05, 0.1) is 19.6 Å². The van der Waals surface area contributed by atoms with Gasteiger partial charge in [0.25, 0.3) is 20.2 Å². The average molecular weight is 413 g/mol. The van der Waals surface area contributed by atoms with Crippen molar-refractivity contribution in [3.05, 3.63) is 11.5 Å². The van der Waals surface area contributed by atoms with Crippen LogP contribution in [-0.2, 0) is 28.6 Å². The largest absolute Gasteiger partial charge is 0.289 e. The Kier molecular flexibility index (Phi) is 14.4. The summed E-state index contributed by atoms with van der Waals surface area (Å²) in [6.07, 6.45) is 14.4. The lowest BCUT2D eigenvalue weighted by atomic mass is 10.0. The van der Waals surface area contributed by atoms with Gasteiger partial charge in [-0.15, -0.1) is 0 Å². The van der Waals surface area contributed by atoms with E-state index >= 15 is 0 Å². The Morgan fingerprint density at radius 3 is 1.62 bits per heavy atom. The van der Waals surface area contributed by atoms with E-state index in [-0.39, 0.29) is 0 Å². The molecule has 0 radical (unpaired) electrons. The highest BCUT2D eigenvalue weighted by Gasteiger charge is 2.23. The van der Waals surface area contributed by atoms with Crippen LogP contribution in [0.4, 0.5) is 0 Å². The number of hydrogen-bond donors (Lipinski definition) is 0. The maximum absolute atomic E-state index is 11.9. The first kappa shape index (κ1) is 25.6. The molecule has 0 aromatic carbocycles. The molecule has 1 atom stereocenters. The third-order valence-corrected chi connectivity index (χ3v) is 6.94. The van der Waals surface area contributed by atoms with Crippen molar-refractivity contribution in [2.75, 3.05) is 14.2 Å². The van der Waals surface area contributed by atoms with Gasteiger partial charge in [0.2, 0.25) is 0 Å². The average Bonchev–Trinajstić information content (AvgIpc) is 2.61. The van der Waals surface area contributed by atoms with Crippen LogP contribution < -0.4 is 0 Å². The van der Waals surface area contributed by atoms with Crippen molar-refractivity contribution in [1.29, 1.82) is 0 Å². The lowest BCUT2D eigenvalue weighted by Crippen LogP contribution is -2.20. The van der Waals surface area contributed by atoms with E-state index in [1.165, 1.54) is 44.9 Å². The van der Waals surface area contributed by atoms with Crippen LogP contribution in [-0.4, -0.2) is 36.3 Å². The molecule has 0 aliphatic heterocycles. The zero-order valence-corrected chi connectivity index (χ0v) is 18.1. The highest BCUT2D eigenvalue weighted by Crippen LogP contribution is 2.17. The van der Waals surface area contributed by atoms with Crippen LogP contribution in [0.5, 0.6) is 0 Å². The fourth-order valence-corrected chi connectivity index (χ4v) is 4.28. The van der Waals surface area contributed by atoms with Crippen LogP contribution in [0.1, 0.15) is 84.0 Å². The molecular formula is C18H36O6S2. The van der Waals surface area contributed by atoms with Crippen molar-refractivity contribution in [3.63, 3.8) is 0 Å². The zero-order valence-electron chi connectivity index (χ0n) is 16.5. The normalized spacial score (nSPS) is 14.1. The summed E-state index contributed by atoms with van der Waals surface area (Å²) in [6.45, 7) is 2.22. The van der Waals surface area contributed by atoms with E-state index < -0.39 is 25.5 Å². The van der Waals surface area contributed by atoms with Gasteiger partial charge in [-0.3, -0.25) is 8.37 Å². The van der Waals surface area contributed by atoms with Crippen molar-refractivity contribution >= 4 is 20.2 Å². The smallest absolute Gasteiger partial charge is 0.273 e. The molecule has 0 saturated carbocycles. The van der Waals surface area contributed by atoms with Crippen molar-refractivity contribution in [1.82, 2.24) is 0 Å². The molecule has 0 amide bonds. The number of unbranched alkanes of at least 4 members (excludes halogenated alkanes) is 10. The Hall–Kier alpha value is -0.440. The lowest BCUT2D eigenvalue weighted by molar-refractivity contribution is 0.389. The van der Waals surface area contributed by atoms with E-state index in [9.17, 15) is 16.8 Å². The maximum Gasteiger partial charge on any atom is 0.289 e. The van der Waals surface area contributed by atoms with Gasteiger partial charge >= 0.3 is 0 Å². The molecule has 0 spiro atoms. The van der Waals surface area contributed by atoms with Crippen molar-refractivity contribution in [2.45, 2.75) is 89.2 Å². The second kappa shape index (κ2) is 14.6. The molecule has 0 rings (SSSR count). The van der Waals surface area contributed by atoms with E-state index in [0.717, 1.165) is 45.0 Å². The summed E-state index contributed by atoms with van der Waals surface area (Å²) < 4.78 is 55.3. The third kappa shape index (κ3) is 12.8. The molecule has 0 heterocycles. The summed E-state index contributed by atoms with van der Waals surface area (Å²) in [7, 11) is -5.53. The molecule has 6 nitrogen and oxygen atoms in total. The summed E-state index contributed by atoms with van der Waals surface area (Å²) in [5.74, 6) is 0. The van der Waals surface area contributed by atoms with Gasteiger partial charge < -0.3 is 0 Å². The number of rotatable bonds is 17. The van der Waals surface area contributed by atoms with Crippen molar-refractivity contribution in [3.8, 4) is 0 Å². The van der Waals surface area contributed by atoms with E-state index in [4.69, 9.17) is 0 Å². The summed E-state index contributed by atoms with van der Waals surface area (Å²) >= 11 is 0. The van der Waals surface area contributed by atoms with Gasteiger partial charge in [0.1, 0.15) is 5.25 Å². The quantitative estimate of drug-likeness (QED) is 0.258. The molecule has 0 bridgehead atoms. The van der Waals surface area contributed by atoms with Crippen LogP contribution in [0.25, 0.3) is 0 Å². The van der Waals surface area contributed by atoms with E-state index in [1.807, 2.05) is 0 Å². The minimum absolute atomic E-state index is 0.336. The maximum atomic E-state index is 11.9. The Balaban J connectivity index is 4.09. The van der Waals surface area contributed by atoms with E-state index in [1.54, 1.807) is 0 Å². The lowest BCUT2D eigenvalue weighted by Gasteiger charge is -2.12. The van der Waals surface area contributed by atoms with Crippen LogP contribution in [0.2, 0.25) is 0 Å². The third-order valence-electron chi connectivity index (χ3n) is 4.39. The Morgan fingerprint density at radius 2 is 1.19 bits per heavy atom. The van der Waals surface area contributed by atoms with Crippen molar-refractivity contribution < 1.29 is 25.2 Å². The Bertz CT molecular complexity index is 566. The number of hydrogen-bond acceptors (Lipinski definition) is 6. The minimum Gasteiger partial charge on any atom is -0.273 e. The second-order valence-corrected chi connectivity index (χ2v) is 10.0. The molecule has 0 N–H and O–H groups in total. The van der Waals surface area contributed by atoms with Crippen molar-refractivity contribution in [2.24, 2.45) is 0 Å². The van der Waals surface area contributed by atoms with Crippen LogP contribution >= 0.6 is 0 Å². The molecule has 0 saturated heterocycles. The SMILES string of the molecule is CCCCCCCCCCCCCC(C=CS(=O)(=O)OC)S(=O)(=O)OC. The monoisotopic (exact) mass is 412 g/mol. The predicted molar refractivity (Wildman–Crippen MR) is 106 cm³/mol. The molecule has 156 valence electrons. The summed E-state index contributed by atoms with van der Waals surface area (Å²) in [5, 5.41) is -0.191. The fourth-order valence-electron chi connectivity index (χ4n) is 2.71. The highest BCUT2D eigenvalue weighted by atomic mass is 32.2. The molecule has 0 fully saturated rings. The molecule has 1 unspecified atom stereocenters. The minimum atomic E-state index is -3.84. The Labute approximate surface area is 160 Å². The molecule has 0 aromatic rings. The highest BCUT2D eigenvalue weighted by molar-refractivity contribution is 7.90. The first-order valence-electron chi connectivity index (χ1n) is 9.57.